The molecule has 5 heteroatoms. The Morgan fingerprint density at radius 1 is 1.18 bits per heavy atom. The topological polar surface area (TPSA) is 57.6 Å². The second-order valence-electron chi connectivity index (χ2n) is 13.7. The van der Waals surface area contributed by atoms with Gasteiger partial charge in [-0.25, -0.2) is 0 Å². The van der Waals surface area contributed by atoms with Crippen LogP contribution in [0.4, 0.5) is 0 Å². The maximum atomic E-state index is 13.6. The third kappa shape index (κ3) is 3.31. The molecule has 0 radical (unpaired) electrons. The molecular formula is C29H38ClNO3. The minimum absolute atomic E-state index is 0.0568. The van der Waals surface area contributed by atoms with E-state index in [0.717, 1.165) is 29.8 Å². The zero-order valence-corrected chi connectivity index (χ0v) is 22.2. The lowest BCUT2D eigenvalue weighted by atomic mass is 9.38. The minimum atomic E-state index is -0.711. The summed E-state index contributed by atoms with van der Waals surface area (Å²) in [5.74, 6) is -0.263. The number of carbonyl (C=O) groups excluding carboxylic acids is 1. The number of rotatable bonds is 5. The first-order valence-corrected chi connectivity index (χ1v) is 13.1. The molecule has 0 saturated heterocycles. The van der Waals surface area contributed by atoms with Gasteiger partial charge in [0.15, 0.2) is 0 Å². The van der Waals surface area contributed by atoms with E-state index >= 15 is 0 Å². The van der Waals surface area contributed by atoms with Gasteiger partial charge in [-0.05, 0) is 78.0 Å². The number of carboxylic acid groups (broad SMARTS) is 1. The van der Waals surface area contributed by atoms with Crippen molar-refractivity contribution in [2.24, 2.45) is 22.2 Å². The first-order valence-electron chi connectivity index (χ1n) is 12.7. The lowest BCUT2D eigenvalue weighted by Gasteiger charge is -2.71. The van der Waals surface area contributed by atoms with Crippen molar-refractivity contribution in [1.82, 2.24) is 4.90 Å². The van der Waals surface area contributed by atoms with E-state index in [4.69, 9.17) is 11.6 Å². The smallest absolute Gasteiger partial charge is 0.309 e. The van der Waals surface area contributed by atoms with E-state index in [2.05, 4.69) is 65.9 Å². The molecule has 6 rings (SSSR count). The van der Waals surface area contributed by atoms with Crippen LogP contribution in [0.1, 0.15) is 91.2 Å². The average molecular weight is 484 g/mol. The van der Waals surface area contributed by atoms with Gasteiger partial charge in [-0.1, -0.05) is 65.3 Å². The molecule has 1 N–H and O–H groups in total. The summed E-state index contributed by atoms with van der Waals surface area (Å²) in [6, 6.07) is 6.49. The number of carboxylic acids is 1. The van der Waals surface area contributed by atoms with E-state index in [1.54, 1.807) is 0 Å². The highest BCUT2D eigenvalue weighted by molar-refractivity contribution is 6.31. The lowest BCUT2D eigenvalue weighted by molar-refractivity contribution is -0.224. The SMILES string of the molecule is CC1C2=CN(C34CC(C(=O)O)(C3)C4)C(=O)CC2(c2ccc(CCC(C)(C)C)c(Cl)c2)CC1(C)C. The van der Waals surface area contributed by atoms with Crippen LogP contribution in [0.3, 0.4) is 0 Å². The van der Waals surface area contributed by atoms with Crippen molar-refractivity contribution in [3.63, 3.8) is 0 Å². The highest BCUT2D eigenvalue weighted by atomic mass is 35.5. The van der Waals surface area contributed by atoms with E-state index in [1.807, 2.05) is 4.90 Å². The standard InChI is InChI=1S/C29H38ClNO3/c1-18-21-13-31(28-15-27(16-28,17-28)24(33)34)23(32)12-29(21,14-26(18,5)6)20-8-7-19(22(30)11-20)9-10-25(2,3)4/h7-8,11,13,18H,9-10,12,14-17H2,1-6H3,(H,33,34). The molecular weight excluding hydrogens is 446 g/mol. The molecule has 4 aliphatic carbocycles. The van der Waals surface area contributed by atoms with Crippen molar-refractivity contribution < 1.29 is 14.7 Å². The Kier molecular flexibility index (Phi) is 5.01. The van der Waals surface area contributed by atoms with Gasteiger partial charge in [-0.15, -0.1) is 0 Å². The molecule has 1 aromatic rings. The average Bonchev–Trinajstić information content (AvgIpc) is 2.84. The summed E-state index contributed by atoms with van der Waals surface area (Å²) in [5, 5.41) is 10.4. The summed E-state index contributed by atoms with van der Waals surface area (Å²) in [6.45, 7) is 13.6. The molecule has 2 atom stereocenters. The van der Waals surface area contributed by atoms with Crippen molar-refractivity contribution in [1.29, 1.82) is 0 Å². The van der Waals surface area contributed by atoms with Crippen LogP contribution in [0.2, 0.25) is 5.02 Å². The first-order chi connectivity index (χ1) is 15.6. The Morgan fingerprint density at radius 3 is 2.38 bits per heavy atom. The number of aliphatic carboxylic acids is 1. The number of aryl methyl sites for hydroxylation is 1. The fourth-order valence-electron chi connectivity index (χ4n) is 7.37. The van der Waals surface area contributed by atoms with Crippen LogP contribution in [0.15, 0.2) is 30.0 Å². The zero-order chi connectivity index (χ0) is 24.9. The Labute approximate surface area is 208 Å². The summed E-state index contributed by atoms with van der Waals surface area (Å²) in [7, 11) is 0. The molecule has 4 fully saturated rings. The molecule has 2 bridgehead atoms. The van der Waals surface area contributed by atoms with Crippen molar-refractivity contribution in [2.75, 3.05) is 0 Å². The van der Waals surface area contributed by atoms with Gasteiger partial charge < -0.3 is 10.0 Å². The van der Waals surface area contributed by atoms with E-state index in [-0.39, 0.29) is 27.7 Å². The molecule has 1 amide bonds. The zero-order valence-electron chi connectivity index (χ0n) is 21.4. The van der Waals surface area contributed by atoms with Crippen LogP contribution in [0.25, 0.3) is 0 Å². The van der Waals surface area contributed by atoms with E-state index in [1.165, 1.54) is 11.1 Å². The molecule has 34 heavy (non-hydrogen) atoms. The molecule has 5 aliphatic rings. The molecule has 2 unspecified atom stereocenters. The summed E-state index contributed by atoms with van der Waals surface area (Å²) < 4.78 is 0. The molecule has 1 aliphatic heterocycles. The van der Waals surface area contributed by atoms with Crippen molar-refractivity contribution >= 4 is 23.5 Å². The summed E-state index contributed by atoms with van der Waals surface area (Å²) in [4.78, 5) is 27.2. The second-order valence-corrected chi connectivity index (χ2v) is 14.1. The Bertz CT molecular complexity index is 1090. The molecule has 4 saturated carbocycles. The van der Waals surface area contributed by atoms with Crippen molar-refractivity contribution in [3.8, 4) is 0 Å². The van der Waals surface area contributed by atoms with Crippen LogP contribution in [-0.4, -0.2) is 27.4 Å². The minimum Gasteiger partial charge on any atom is -0.481 e. The third-order valence-corrected chi connectivity index (χ3v) is 10.0. The van der Waals surface area contributed by atoms with Crippen LogP contribution in [0, 0.1) is 22.2 Å². The number of benzene rings is 1. The number of carbonyl (C=O) groups is 2. The third-order valence-electron chi connectivity index (χ3n) is 9.66. The first kappa shape index (κ1) is 23.9. The van der Waals surface area contributed by atoms with E-state index < -0.39 is 11.4 Å². The molecule has 184 valence electrons. The molecule has 1 heterocycles. The van der Waals surface area contributed by atoms with Gasteiger partial charge in [-0.2, -0.15) is 0 Å². The highest BCUT2D eigenvalue weighted by Gasteiger charge is 2.75. The fraction of sp³-hybridized carbons (Fsp3) is 0.655. The maximum Gasteiger partial charge on any atom is 0.309 e. The van der Waals surface area contributed by atoms with Gasteiger partial charge in [0.05, 0.1) is 11.0 Å². The number of nitrogens with zero attached hydrogens (tertiary/aromatic N) is 1. The van der Waals surface area contributed by atoms with E-state index in [9.17, 15) is 14.7 Å². The molecule has 0 aromatic heterocycles. The van der Waals surface area contributed by atoms with E-state index in [0.29, 0.717) is 31.6 Å². The van der Waals surface area contributed by atoms with Gasteiger partial charge in [0.25, 0.3) is 0 Å². The Balaban J connectivity index is 1.50. The van der Waals surface area contributed by atoms with Crippen LogP contribution < -0.4 is 0 Å². The number of amides is 1. The summed E-state index contributed by atoms with van der Waals surface area (Å²) in [6.07, 6.45) is 7.25. The molecule has 4 nitrogen and oxygen atoms in total. The quantitative estimate of drug-likeness (QED) is 0.504. The predicted molar refractivity (Wildman–Crippen MR) is 135 cm³/mol. The van der Waals surface area contributed by atoms with Gasteiger partial charge in [-0.3, -0.25) is 9.59 Å². The monoisotopic (exact) mass is 483 g/mol. The predicted octanol–water partition coefficient (Wildman–Crippen LogP) is 6.75. The number of hydrogen-bond donors (Lipinski definition) is 1. The van der Waals surface area contributed by atoms with Gasteiger partial charge in [0, 0.05) is 23.1 Å². The van der Waals surface area contributed by atoms with Gasteiger partial charge in [0.1, 0.15) is 0 Å². The Morgan fingerprint density at radius 2 is 1.82 bits per heavy atom. The van der Waals surface area contributed by atoms with Crippen LogP contribution >= 0.6 is 11.6 Å². The molecule has 0 spiro atoms. The highest BCUT2D eigenvalue weighted by Crippen LogP contribution is 2.71. The normalized spacial score (nSPS) is 35.9. The summed E-state index contributed by atoms with van der Waals surface area (Å²) in [5.41, 5.74) is 2.72. The van der Waals surface area contributed by atoms with Crippen molar-refractivity contribution in [3.05, 3.63) is 46.1 Å². The number of fused-ring (bicyclic) bond motifs is 1. The number of hydrogen-bond acceptors (Lipinski definition) is 2. The largest absolute Gasteiger partial charge is 0.481 e. The maximum absolute atomic E-state index is 13.6. The van der Waals surface area contributed by atoms with Crippen molar-refractivity contribution in [2.45, 2.75) is 97.4 Å². The van der Waals surface area contributed by atoms with Gasteiger partial charge in [0.2, 0.25) is 5.91 Å². The summed E-state index contributed by atoms with van der Waals surface area (Å²) >= 11 is 6.82. The van der Waals surface area contributed by atoms with Crippen LogP contribution in [0.5, 0.6) is 0 Å². The lowest BCUT2D eigenvalue weighted by Crippen LogP contribution is -2.77. The fourth-order valence-corrected chi connectivity index (χ4v) is 7.64. The number of allylic oxidation sites excluding steroid dienone is 1. The number of halogens is 1. The molecule has 1 aromatic carbocycles. The van der Waals surface area contributed by atoms with Gasteiger partial charge >= 0.3 is 5.97 Å². The second kappa shape index (κ2) is 7.12. The Hall–Kier alpha value is -1.81. The van der Waals surface area contributed by atoms with Crippen LogP contribution in [-0.2, 0) is 21.4 Å².